The number of methoxy groups -OCH3 is 1. The Morgan fingerprint density at radius 2 is 2.42 bits per heavy atom. The Balaban J connectivity index is 1.97. The van der Waals surface area contributed by atoms with Gasteiger partial charge in [0.25, 0.3) is 0 Å². The van der Waals surface area contributed by atoms with Crippen molar-refractivity contribution in [3.63, 3.8) is 0 Å². The summed E-state index contributed by atoms with van der Waals surface area (Å²) in [4.78, 5) is 11.9. The molecule has 2 atom stereocenters. The normalized spacial score (nSPS) is 19.0. The first-order valence-corrected chi connectivity index (χ1v) is 6.82. The van der Waals surface area contributed by atoms with Gasteiger partial charge in [0.15, 0.2) is 0 Å². The van der Waals surface area contributed by atoms with Crippen LogP contribution in [0.5, 0.6) is 0 Å². The maximum atomic E-state index is 11.9. The van der Waals surface area contributed by atoms with Crippen LogP contribution in [0.4, 0.5) is 0 Å². The van der Waals surface area contributed by atoms with Gasteiger partial charge in [0, 0.05) is 18.7 Å². The minimum atomic E-state index is -0.217. The monoisotopic (exact) mass is 282 g/mol. The highest BCUT2D eigenvalue weighted by Crippen LogP contribution is 2.32. The first-order chi connectivity index (χ1) is 9.13. The van der Waals surface area contributed by atoms with Gasteiger partial charge in [0.2, 0.25) is 5.91 Å². The highest BCUT2D eigenvalue weighted by atomic mass is 35.5. The van der Waals surface area contributed by atoms with Crippen molar-refractivity contribution < 1.29 is 9.53 Å². The zero-order chi connectivity index (χ0) is 13.8. The van der Waals surface area contributed by atoms with Crippen molar-refractivity contribution in [2.24, 2.45) is 5.73 Å². The summed E-state index contributed by atoms with van der Waals surface area (Å²) in [5.74, 6) is -0.0231. The first kappa shape index (κ1) is 14.3. The lowest BCUT2D eigenvalue weighted by atomic mass is 10.1. The zero-order valence-corrected chi connectivity index (χ0v) is 11.7. The summed E-state index contributed by atoms with van der Waals surface area (Å²) < 4.78 is 5.12. The Bertz CT molecular complexity index is 461. The standard InChI is InChI=1S/C14H19ClN2O2/c1-19-11(8-16)7-14(18)17-13-5-2-9-6-10(15)3-4-12(9)13/h3-4,6,11,13H,2,5,7-8,16H2,1H3,(H,17,18). The number of benzene rings is 1. The number of fused-ring (bicyclic) bond motifs is 1. The number of nitrogens with two attached hydrogens (primary N) is 1. The van der Waals surface area contributed by atoms with Gasteiger partial charge in [-0.3, -0.25) is 4.79 Å². The van der Waals surface area contributed by atoms with Gasteiger partial charge in [-0.1, -0.05) is 17.7 Å². The molecule has 19 heavy (non-hydrogen) atoms. The van der Waals surface area contributed by atoms with Crippen LogP contribution in [0.3, 0.4) is 0 Å². The average Bonchev–Trinajstić information content (AvgIpc) is 2.78. The first-order valence-electron chi connectivity index (χ1n) is 6.44. The lowest BCUT2D eigenvalue weighted by Crippen LogP contribution is -2.33. The van der Waals surface area contributed by atoms with Gasteiger partial charge in [-0.05, 0) is 36.1 Å². The molecule has 1 aliphatic carbocycles. The van der Waals surface area contributed by atoms with Crippen LogP contribution >= 0.6 is 11.6 Å². The summed E-state index contributed by atoms with van der Waals surface area (Å²) >= 11 is 5.97. The van der Waals surface area contributed by atoms with E-state index in [-0.39, 0.29) is 18.1 Å². The summed E-state index contributed by atoms with van der Waals surface area (Å²) in [6.07, 6.45) is 1.95. The number of halogens is 1. The fourth-order valence-corrected chi connectivity index (χ4v) is 2.65. The lowest BCUT2D eigenvalue weighted by molar-refractivity contribution is -0.124. The summed E-state index contributed by atoms with van der Waals surface area (Å²) in [6.45, 7) is 0.348. The molecule has 0 bridgehead atoms. The molecule has 104 valence electrons. The molecule has 1 amide bonds. The Labute approximate surface area is 118 Å². The molecule has 0 saturated carbocycles. The Kier molecular flexibility index (Phi) is 4.80. The number of carbonyl (C=O) groups excluding carboxylic acids is 1. The Hall–Kier alpha value is -1.10. The smallest absolute Gasteiger partial charge is 0.223 e. The second kappa shape index (κ2) is 6.37. The van der Waals surface area contributed by atoms with Crippen LogP contribution in [0.15, 0.2) is 18.2 Å². The van der Waals surface area contributed by atoms with Crippen LogP contribution in [0.25, 0.3) is 0 Å². The van der Waals surface area contributed by atoms with E-state index in [2.05, 4.69) is 5.32 Å². The maximum Gasteiger partial charge on any atom is 0.223 e. The third-order valence-corrected chi connectivity index (χ3v) is 3.76. The number of hydrogen-bond donors (Lipinski definition) is 2. The number of hydrogen-bond acceptors (Lipinski definition) is 3. The Morgan fingerprint density at radius 3 is 3.11 bits per heavy atom. The SMILES string of the molecule is COC(CN)CC(=O)NC1CCc2cc(Cl)ccc21. The van der Waals surface area contributed by atoms with Crippen LogP contribution in [0, 0.1) is 0 Å². The van der Waals surface area contributed by atoms with Crippen LogP contribution in [0.2, 0.25) is 5.02 Å². The van der Waals surface area contributed by atoms with E-state index in [1.807, 2.05) is 18.2 Å². The number of nitrogens with one attached hydrogen (secondary N) is 1. The fourth-order valence-electron chi connectivity index (χ4n) is 2.46. The van der Waals surface area contributed by atoms with E-state index < -0.39 is 0 Å². The molecule has 0 spiro atoms. The molecular formula is C14H19ClN2O2. The number of ether oxygens (including phenoxy) is 1. The quantitative estimate of drug-likeness (QED) is 0.866. The summed E-state index contributed by atoms with van der Waals surface area (Å²) in [5.41, 5.74) is 7.90. The molecule has 0 aromatic heterocycles. The van der Waals surface area contributed by atoms with Crippen LogP contribution in [-0.4, -0.2) is 25.7 Å². The van der Waals surface area contributed by atoms with Gasteiger partial charge >= 0.3 is 0 Å². The highest BCUT2D eigenvalue weighted by molar-refractivity contribution is 6.30. The largest absolute Gasteiger partial charge is 0.380 e. The summed E-state index contributed by atoms with van der Waals surface area (Å²) in [7, 11) is 1.57. The second-order valence-electron chi connectivity index (χ2n) is 4.80. The molecule has 1 aliphatic rings. The van der Waals surface area contributed by atoms with Crippen molar-refractivity contribution in [2.75, 3.05) is 13.7 Å². The van der Waals surface area contributed by atoms with E-state index in [0.29, 0.717) is 13.0 Å². The average molecular weight is 283 g/mol. The topological polar surface area (TPSA) is 64.3 Å². The highest BCUT2D eigenvalue weighted by Gasteiger charge is 2.24. The fraction of sp³-hybridized carbons (Fsp3) is 0.500. The van der Waals surface area contributed by atoms with Gasteiger partial charge < -0.3 is 15.8 Å². The van der Waals surface area contributed by atoms with E-state index in [0.717, 1.165) is 17.9 Å². The number of carbonyl (C=O) groups is 1. The van der Waals surface area contributed by atoms with Gasteiger partial charge in [-0.15, -0.1) is 0 Å². The Morgan fingerprint density at radius 1 is 1.63 bits per heavy atom. The molecule has 0 saturated heterocycles. The van der Waals surface area contributed by atoms with Crippen LogP contribution < -0.4 is 11.1 Å². The number of amides is 1. The molecule has 1 aromatic rings. The van der Waals surface area contributed by atoms with Crippen LogP contribution in [-0.2, 0) is 16.0 Å². The molecule has 2 unspecified atom stereocenters. The molecule has 4 nitrogen and oxygen atoms in total. The van der Waals surface area contributed by atoms with Crippen LogP contribution in [0.1, 0.15) is 30.0 Å². The third kappa shape index (κ3) is 3.47. The molecule has 3 N–H and O–H groups in total. The van der Waals surface area contributed by atoms with E-state index in [1.54, 1.807) is 7.11 Å². The van der Waals surface area contributed by atoms with Crippen molar-refractivity contribution in [2.45, 2.75) is 31.4 Å². The minimum Gasteiger partial charge on any atom is -0.380 e. The van der Waals surface area contributed by atoms with E-state index in [4.69, 9.17) is 22.1 Å². The molecule has 0 heterocycles. The van der Waals surface area contributed by atoms with Crippen molar-refractivity contribution >= 4 is 17.5 Å². The molecule has 0 radical (unpaired) electrons. The van der Waals surface area contributed by atoms with Crippen molar-refractivity contribution in [1.29, 1.82) is 0 Å². The van der Waals surface area contributed by atoms with Crippen molar-refractivity contribution in [3.8, 4) is 0 Å². The van der Waals surface area contributed by atoms with E-state index >= 15 is 0 Å². The van der Waals surface area contributed by atoms with Gasteiger partial charge in [0.05, 0.1) is 18.6 Å². The molecular weight excluding hydrogens is 264 g/mol. The predicted molar refractivity (Wildman–Crippen MR) is 75.1 cm³/mol. The lowest BCUT2D eigenvalue weighted by Gasteiger charge is -2.17. The van der Waals surface area contributed by atoms with Gasteiger partial charge in [0.1, 0.15) is 0 Å². The van der Waals surface area contributed by atoms with Gasteiger partial charge in [-0.25, -0.2) is 0 Å². The minimum absolute atomic E-state index is 0.0231. The number of rotatable bonds is 5. The maximum absolute atomic E-state index is 11.9. The molecule has 0 aliphatic heterocycles. The van der Waals surface area contributed by atoms with Crippen molar-refractivity contribution in [3.05, 3.63) is 34.3 Å². The number of aryl methyl sites for hydroxylation is 1. The molecule has 0 fully saturated rings. The molecule has 5 heteroatoms. The zero-order valence-electron chi connectivity index (χ0n) is 11.0. The van der Waals surface area contributed by atoms with E-state index in [9.17, 15) is 4.79 Å². The predicted octanol–water partition coefficient (Wildman–Crippen LogP) is 1.81. The second-order valence-corrected chi connectivity index (χ2v) is 5.24. The van der Waals surface area contributed by atoms with Gasteiger partial charge in [-0.2, -0.15) is 0 Å². The third-order valence-electron chi connectivity index (χ3n) is 3.53. The molecule has 1 aromatic carbocycles. The van der Waals surface area contributed by atoms with E-state index in [1.165, 1.54) is 11.1 Å². The molecule has 2 rings (SSSR count). The summed E-state index contributed by atoms with van der Waals surface area (Å²) in [5, 5.41) is 3.78. The summed E-state index contributed by atoms with van der Waals surface area (Å²) in [6, 6.07) is 5.91. The van der Waals surface area contributed by atoms with Crippen molar-refractivity contribution in [1.82, 2.24) is 5.32 Å².